The Balaban J connectivity index is 2.12. The predicted molar refractivity (Wildman–Crippen MR) is 78.8 cm³/mol. The van der Waals surface area contributed by atoms with Crippen LogP contribution in [0.3, 0.4) is 0 Å². The van der Waals surface area contributed by atoms with Gasteiger partial charge in [-0.2, -0.15) is 0 Å². The molecule has 1 aliphatic carbocycles. The minimum Gasteiger partial charge on any atom is -0.382 e. The fourth-order valence-electron chi connectivity index (χ4n) is 2.61. The van der Waals surface area contributed by atoms with Gasteiger partial charge in [-0.3, -0.25) is 4.90 Å². The van der Waals surface area contributed by atoms with Crippen LogP contribution in [0.4, 0.5) is 0 Å². The number of nitrogens with zero attached hydrogens (tertiary/aromatic N) is 1. The molecule has 1 aromatic carbocycles. The van der Waals surface area contributed by atoms with E-state index in [1.165, 1.54) is 12.8 Å². The van der Waals surface area contributed by atoms with Crippen LogP contribution in [-0.4, -0.2) is 35.7 Å². The summed E-state index contributed by atoms with van der Waals surface area (Å²) in [6, 6.07) is 10.5. The zero-order valence-electron chi connectivity index (χ0n) is 12.0. The van der Waals surface area contributed by atoms with Crippen molar-refractivity contribution < 1.29 is 5.11 Å². The molecule has 1 aromatic rings. The summed E-state index contributed by atoms with van der Waals surface area (Å²) >= 11 is 0. The molecule has 3 N–H and O–H groups in total. The van der Waals surface area contributed by atoms with Gasteiger partial charge in [0.25, 0.3) is 0 Å². The standard InChI is InChI=1S/C16H26N2O/c1-13(2)10-18(15-8-9-15)12-16(19,11-17)14-6-4-3-5-7-14/h3-7,13,15,19H,8-12,17H2,1-2H3. The van der Waals surface area contributed by atoms with E-state index in [-0.39, 0.29) is 6.54 Å². The van der Waals surface area contributed by atoms with E-state index in [9.17, 15) is 5.11 Å². The van der Waals surface area contributed by atoms with Crippen molar-refractivity contribution in [1.82, 2.24) is 4.90 Å². The second-order valence-corrected chi connectivity index (χ2v) is 6.16. The summed E-state index contributed by atoms with van der Waals surface area (Å²) in [4.78, 5) is 2.41. The third kappa shape index (κ3) is 3.78. The molecule has 0 saturated heterocycles. The molecule has 1 atom stereocenters. The Morgan fingerprint density at radius 2 is 1.95 bits per heavy atom. The molecule has 3 heteroatoms. The van der Waals surface area contributed by atoms with Crippen LogP contribution >= 0.6 is 0 Å². The summed E-state index contributed by atoms with van der Waals surface area (Å²) in [6.07, 6.45) is 2.50. The molecule has 2 rings (SSSR count). The van der Waals surface area contributed by atoms with Gasteiger partial charge in [0.15, 0.2) is 0 Å². The van der Waals surface area contributed by atoms with Crippen LogP contribution in [0.15, 0.2) is 30.3 Å². The molecule has 1 saturated carbocycles. The molecule has 0 radical (unpaired) electrons. The zero-order valence-corrected chi connectivity index (χ0v) is 12.0. The van der Waals surface area contributed by atoms with Gasteiger partial charge in [-0.25, -0.2) is 0 Å². The van der Waals surface area contributed by atoms with Crippen molar-refractivity contribution in [1.29, 1.82) is 0 Å². The molecule has 0 aromatic heterocycles. The van der Waals surface area contributed by atoms with Crippen molar-refractivity contribution in [3.05, 3.63) is 35.9 Å². The minimum atomic E-state index is -0.932. The SMILES string of the molecule is CC(C)CN(CC(O)(CN)c1ccccc1)C1CC1. The van der Waals surface area contributed by atoms with Gasteiger partial charge in [-0.1, -0.05) is 44.2 Å². The lowest BCUT2D eigenvalue weighted by atomic mass is 9.93. The van der Waals surface area contributed by atoms with Crippen molar-refractivity contribution in [3.8, 4) is 0 Å². The van der Waals surface area contributed by atoms with Gasteiger partial charge < -0.3 is 10.8 Å². The van der Waals surface area contributed by atoms with Crippen LogP contribution in [0.25, 0.3) is 0 Å². The average Bonchev–Trinajstić information content (AvgIpc) is 3.22. The fraction of sp³-hybridized carbons (Fsp3) is 0.625. The van der Waals surface area contributed by atoms with Crippen molar-refractivity contribution in [2.24, 2.45) is 11.7 Å². The summed E-state index contributed by atoms with van der Waals surface area (Å²) < 4.78 is 0. The smallest absolute Gasteiger partial charge is 0.114 e. The maximum atomic E-state index is 10.9. The van der Waals surface area contributed by atoms with E-state index in [0.29, 0.717) is 18.5 Å². The number of rotatable bonds is 7. The molecule has 0 aliphatic heterocycles. The van der Waals surface area contributed by atoms with E-state index in [0.717, 1.165) is 12.1 Å². The number of aliphatic hydroxyl groups is 1. The number of hydrogen-bond donors (Lipinski definition) is 2. The number of benzene rings is 1. The van der Waals surface area contributed by atoms with E-state index in [2.05, 4.69) is 18.7 Å². The van der Waals surface area contributed by atoms with E-state index in [1.807, 2.05) is 30.3 Å². The van der Waals surface area contributed by atoms with Gasteiger partial charge in [-0.05, 0) is 24.3 Å². The molecule has 1 aliphatic rings. The number of nitrogens with two attached hydrogens (primary N) is 1. The highest BCUT2D eigenvalue weighted by Gasteiger charge is 2.36. The Labute approximate surface area is 116 Å². The molecule has 0 bridgehead atoms. The summed E-state index contributed by atoms with van der Waals surface area (Å²) in [5, 5.41) is 10.9. The van der Waals surface area contributed by atoms with Crippen LogP contribution in [0.1, 0.15) is 32.3 Å². The van der Waals surface area contributed by atoms with E-state index in [1.54, 1.807) is 0 Å². The molecular formula is C16H26N2O. The lowest BCUT2D eigenvalue weighted by molar-refractivity contribution is 0.00112. The molecule has 0 heterocycles. The first-order chi connectivity index (χ1) is 9.05. The third-order valence-electron chi connectivity index (χ3n) is 3.78. The third-order valence-corrected chi connectivity index (χ3v) is 3.78. The van der Waals surface area contributed by atoms with E-state index < -0.39 is 5.60 Å². The molecule has 1 fully saturated rings. The van der Waals surface area contributed by atoms with Gasteiger partial charge >= 0.3 is 0 Å². The first-order valence-electron chi connectivity index (χ1n) is 7.27. The van der Waals surface area contributed by atoms with Crippen LogP contribution in [0.5, 0.6) is 0 Å². The lowest BCUT2D eigenvalue weighted by Gasteiger charge is -2.35. The second-order valence-electron chi connectivity index (χ2n) is 6.16. The van der Waals surface area contributed by atoms with Gasteiger partial charge in [0.2, 0.25) is 0 Å². The lowest BCUT2D eigenvalue weighted by Crippen LogP contribution is -2.47. The van der Waals surface area contributed by atoms with Crippen LogP contribution in [0, 0.1) is 5.92 Å². The van der Waals surface area contributed by atoms with Crippen LogP contribution < -0.4 is 5.73 Å². The van der Waals surface area contributed by atoms with Crippen molar-refractivity contribution in [2.75, 3.05) is 19.6 Å². The molecule has 0 amide bonds. The highest BCUT2D eigenvalue weighted by atomic mass is 16.3. The summed E-state index contributed by atoms with van der Waals surface area (Å²) in [5.74, 6) is 0.610. The molecule has 0 spiro atoms. The first kappa shape index (κ1) is 14.5. The monoisotopic (exact) mass is 262 g/mol. The van der Waals surface area contributed by atoms with Crippen molar-refractivity contribution >= 4 is 0 Å². The Kier molecular flexibility index (Phi) is 4.61. The maximum absolute atomic E-state index is 10.9. The second kappa shape index (κ2) is 6.04. The van der Waals surface area contributed by atoms with Crippen molar-refractivity contribution in [2.45, 2.75) is 38.3 Å². The Hall–Kier alpha value is -0.900. The Morgan fingerprint density at radius 1 is 1.32 bits per heavy atom. The summed E-state index contributed by atoms with van der Waals surface area (Å²) in [5.41, 5.74) is 5.85. The average molecular weight is 262 g/mol. The molecule has 19 heavy (non-hydrogen) atoms. The topological polar surface area (TPSA) is 49.5 Å². The Morgan fingerprint density at radius 3 is 2.42 bits per heavy atom. The largest absolute Gasteiger partial charge is 0.382 e. The molecular weight excluding hydrogens is 236 g/mol. The number of hydrogen-bond acceptors (Lipinski definition) is 3. The highest BCUT2D eigenvalue weighted by molar-refractivity contribution is 5.23. The van der Waals surface area contributed by atoms with Gasteiger partial charge in [0.1, 0.15) is 5.60 Å². The minimum absolute atomic E-state index is 0.262. The Bertz CT molecular complexity index is 389. The van der Waals surface area contributed by atoms with Gasteiger partial charge in [0, 0.05) is 25.7 Å². The van der Waals surface area contributed by atoms with Gasteiger partial charge in [-0.15, -0.1) is 0 Å². The zero-order chi connectivity index (χ0) is 13.9. The summed E-state index contributed by atoms with van der Waals surface area (Å²) in [7, 11) is 0. The van der Waals surface area contributed by atoms with Crippen molar-refractivity contribution in [3.63, 3.8) is 0 Å². The molecule has 1 unspecified atom stereocenters. The van der Waals surface area contributed by atoms with E-state index in [4.69, 9.17) is 5.73 Å². The first-order valence-corrected chi connectivity index (χ1v) is 7.27. The summed E-state index contributed by atoms with van der Waals surface area (Å²) in [6.45, 7) is 6.37. The van der Waals surface area contributed by atoms with E-state index >= 15 is 0 Å². The highest BCUT2D eigenvalue weighted by Crippen LogP contribution is 2.31. The van der Waals surface area contributed by atoms with Crippen LogP contribution in [-0.2, 0) is 5.60 Å². The quantitative estimate of drug-likeness (QED) is 0.789. The molecule has 106 valence electrons. The normalized spacial score (nSPS) is 18.8. The maximum Gasteiger partial charge on any atom is 0.114 e. The fourth-order valence-corrected chi connectivity index (χ4v) is 2.61. The predicted octanol–water partition coefficient (Wildman–Crippen LogP) is 1.95. The molecule has 3 nitrogen and oxygen atoms in total. The van der Waals surface area contributed by atoms with Crippen LogP contribution in [0.2, 0.25) is 0 Å². The van der Waals surface area contributed by atoms with Gasteiger partial charge in [0.05, 0.1) is 0 Å².